The van der Waals surface area contributed by atoms with Crippen molar-refractivity contribution in [2.75, 3.05) is 40.8 Å². The predicted octanol–water partition coefficient (Wildman–Crippen LogP) is 0.0632. The van der Waals surface area contributed by atoms with Gasteiger partial charge in [-0.15, -0.1) is 0 Å². The summed E-state index contributed by atoms with van der Waals surface area (Å²) >= 11 is 0. The predicted molar refractivity (Wildman–Crippen MR) is 83.7 cm³/mol. The van der Waals surface area contributed by atoms with Crippen LogP contribution in [0.5, 0.6) is 0 Å². The van der Waals surface area contributed by atoms with E-state index in [4.69, 9.17) is 0 Å². The highest BCUT2D eigenvalue weighted by molar-refractivity contribution is 7.89. The van der Waals surface area contributed by atoms with E-state index in [2.05, 4.69) is 10.4 Å². The first-order chi connectivity index (χ1) is 9.82. The molecular weight excluding hydrogens is 290 g/mol. The molecule has 0 aliphatic heterocycles. The van der Waals surface area contributed by atoms with E-state index in [9.17, 15) is 8.42 Å². The number of hydrogen-bond acceptors (Lipinski definition) is 5. The Hall–Kier alpha value is -0.960. The molecule has 122 valence electrons. The van der Waals surface area contributed by atoms with Gasteiger partial charge in [-0.05, 0) is 28.1 Å². The van der Waals surface area contributed by atoms with Crippen LogP contribution in [-0.4, -0.2) is 74.2 Å². The quantitative estimate of drug-likeness (QED) is 0.697. The zero-order chi connectivity index (χ0) is 16.0. The second-order valence-corrected chi connectivity index (χ2v) is 7.25. The van der Waals surface area contributed by atoms with Gasteiger partial charge < -0.3 is 10.2 Å². The van der Waals surface area contributed by atoms with Crippen molar-refractivity contribution in [1.82, 2.24) is 24.3 Å². The molecule has 0 radical (unpaired) electrons. The summed E-state index contributed by atoms with van der Waals surface area (Å²) < 4.78 is 28.6. The first-order valence-electron chi connectivity index (χ1n) is 7.16. The lowest BCUT2D eigenvalue weighted by Gasteiger charge is -2.28. The SMILES string of the molecule is CCN(C(C)CN(C)C)S(=O)(=O)c1cnn(CCNC)c1. The lowest BCUT2D eigenvalue weighted by atomic mass is 10.3. The summed E-state index contributed by atoms with van der Waals surface area (Å²) in [6.07, 6.45) is 3.02. The van der Waals surface area contributed by atoms with Crippen molar-refractivity contribution < 1.29 is 8.42 Å². The van der Waals surface area contributed by atoms with Crippen LogP contribution in [0.3, 0.4) is 0 Å². The van der Waals surface area contributed by atoms with Gasteiger partial charge in [-0.1, -0.05) is 6.92 Å². The van der Waals surface area contributed by atoms with Crippen molar-refractivity contribution in [1.29, 1.82) is 0 Å². The van der Waals surface area contributed by atoms with Gasteiger partial charge in [0.25, 0.3) is 0 Å². The summed E-state index contributed by atoms with van der Waals surface area (Å²) in [6, 6.07) is -0.0874. The highest BCUT2D eigenvalue weighted by Gasteiger charge is 2.29. The Kier molecular flexibility index (Phi) is 6.79. The smallest absolute Gasteiger partial charge is 0.246 e. The van der Waals surface area contributed by atoms with Gasteiger partial charge in [-0.2, -0.15) is 9.40 Å². The number of nitrogens with one attached hydrogen (secondary N) is 1. The molecule has 1 atom stereocenters. The fraction of sp³-hybridized carbons (Fsp3) is 0.769. The number of sulfonamides is 1. The van der Waals surface area contributed by atoms with Crippen molar-refractivity contribution in [3.63, 3.8) is 0 Å². The molecule has 1 aromatic rings. The molecule has 1 unspecified atom stereocenters. The number of aromatic nitrogens is 2. The lowest BCUT2D eigenvalue weighted by molar-refractivity contribution is 0.271. The molecule has 0 saturated heterocycles. The number of hydrogen-bond donors (Lipinski definition) is 1. The summed E-state index contributed by atoms with van der Waals surface area (Å²) in [4.78, 5) is 2.24. The van der Waals surface area contributed by atoms with Gasteiger partial charge in [0.15, 0.2) is 0 Å². The molecule has 0 bridgehead atoms. The first kappa shape index (κ1) is 18.1. The monoisotopic (exact) mass is 317 g/mol. The topological polar surface area (TPSA) is 70.5 Å². The molecule has 0 fully saturated rings. The Balaban J connectivity index is 2.93. The Morgan fingerprint density at radius 2 is 2.10 bits per heavy atom. The Bertz CT molecular complexity index is 526. The van der Waals surface area contributed by atoms with Crippen LogP contribution in [0.25, 0.3) is 0 Å². The average Bonchev–Trinajstić information content (AvgIpc) is 2.85. The van der Waals surface area contributed by atoms with Crippen LogP contribution in [0.4, 0.5) is 0 Å². The van der Waals surface area contributed by atoms with Gasteiger partial charge in [-0.3, -0.25) is 4.68 Å². The van der Waals surface area contributed by atoms with Crippen LogP contribution in [0, 0.1) is 0 Å². The molecule has 1 rings (SSSR count). The second kappa shape index (κ2) is 7.88. The van der Waals surface area contributed by atoms with E-state index in [1.165, 1.54) is 10.5 Å². The molecule has 1 aromatic heterocycles. The van der Waals surface area contributed by atoms with Crippen LogP contribution in [-0.2, 0) is 16.6 Å². The molecular formula is C13H27N5O2S. The Labute approximate surface area is 128 Å². The van der Waals surface area contributed by atoms with E-state index >= 15 is 0 Å². The van der Waals surface area contributed by atoms with Crippen molar-refractivity contribution in [2.24, 2.45) is 0 Å². The van der Waals surface area contributed by atoms with Gasteiger partial charge in [0.1, 0.15) is 4.90 Å². The maximum Gasteiger partial charge on any atom is 0.246 e. The molecule has 0 aromatic carbocycles. The normalized spacial score (nSPS) is 14.0. The molecule has 21 heavy (non-hydrogen) atoms. The van der Waals surface area contributed by atoms with Gasteiger partial charge in [0.2, 0.25) is 10.0 Å². The van der Waals surface area contributed by atoms with Crippen molar-refractivity contribution in [3.05, 3.63) is 12.4 Å². The molecule has 0 saturated carbocycles. The molecule has 8 heteroatoms. The Morgan fingerprint density at radius 3 is 2.62 bits per heavy atom. The number of rotatable bonds is 9. The number of likely N-dealkylation sites (N-methyl/N-ethyl adjacent to an activating group) is 3. The standard InChI is InChI=1S/C13H27N5O2S/c1-6-18(12(2)10-16(4)5)21(19,20)13-9-15-17(11-13)8-7-14-3/h9,11-12,14H,6-8,10H2,1-5H3. The molecule has 0 spiro atoms. The lowest BCUT2D eigenvalue weighted by Crippen LogP contribution is -2.43. The van der Waals surface area contributed by atoms with Gasteiger partial charge >= 0.3 is 0 Å². The fourth-order valence-corrected chi connectivity index (χ4v) is 3.89. The van der Waals surface area contributed by atoms with E-state index < -0.39 is 10.0 Å². The number of nitrogens with zero attached hydrogens (tertiary/aromatic N) is 4. The maximum absolute atomic E-state index is 12.7. The van der Waals surface area contributed by atoms with Crippen LogP contribution >= 0.6 is 0 Å². The van der Waals surface area contributed by atoms with Crippen molar-refractivity contribution >= 4 is 10.0 Å². The minimum atomic E-state index is -3.50. The summed E-state index contributed by atoms with van der Waals surface area (Å²) in [5.74, 6) is 0. The average molecular weight is 317 g/mol. The minimum absolute atomic E-state index is 0.0874. The van der Waals surface area contributed by atoms with Gasteiger partial charge in [0, 0.05) is 31.9 Å². The van der Waals surface area contributed by atoms with Crippen LogP contribution < -0.4 is 5.32 Å². The van der Waals surface area contributed by atoms with Crippen molar-refractivity contribution in [3.8, 4) is 0 Å². The molecule has 1 heterocycles. The molecule has 0 amide bonds. The minimum Gasteiger partial charge on any atom is -0.318 e. The van der Waals surface area contributed by atoms with E-state index in [0.717, 1.165) is 6.54 Å². The Morgan fingerprint density at radius 1 is 1.43 bits per heavy atom. The maximum atomic E-state index is 12.7. The molecule has 0 aliphatic carbocycles. The zero-order valence-corrected chi connectivity index (χ0v) is 14.4. The zero-order valence-electron chi connectivity index (χ0n) is 13.6. The van der Waals surface area contributed by atoms with E-state index in [-0.39, 0.29) is 10.9 Å². The van der Waals surface area contributed by atoms with E-state index in [1.54, 1.807) is 10.9 Å². The van der Waals surface area contributed by atoms with Crippen LogP contribution in [0.2, 0.25) is 0 Å². The van der Waals surface area contributed by atoms with Gasteiger partial charge in [-0.25, -0.2) is 8.42 Å². The van der Waals surface area contributed by atoms with Gasteiger partial charge in [0.05, 0.1) is 12.7 Å². The third-order valence-electron chi connectivity index (χ3n) is 3.24. The molecule has 1 N–H and O–H groups in total. The largest absolute Gasteiger partial charge is 0.318 e. The van der Waals surface area contributed by atoms with E-state index in [1.807, 2.05) is 39.9 Å². The fourth-order valence-electron chi connectivity index (χ4n) is 2.30. The highest BCUT2D eigenvalue weighted by Crippen LogP contribution is 2.17. The van der Waals surface area contributed by atoms with E-state index in [0.29, 0.717) is 19.6 Å². The molecule has 7 nitrogen and oxygen atoms in total. The second-order valence-electron chi connectivity index (χ2n) is 5.36. The summed E-state index contributed by atoms with van der Waals surface area (Å²) in [5.41, 5.74) is 0. The van der Waals surface area contributed by atoms with Crippen molar-refractivity contribution in [2.45, 2.75) is 31.3 Å². The summed E-state index contributed by atoms with van der Waals surface area (Å²) in [7, 11) is 2.23. The third-order valence-corrected chi connectivity index (χ3v) is 5.28. The third kappa shape index (κ3) is 4.77. The highest BCUT2D eigenvalue weighted by atomic mass is 32.2. The summed E-state index contributed by atoms with van der Waals surface area (Å²) in [6.45, 7) is 6.29. The van der Waals surface area contributed by atoms with Crippen LogP contribution in [0.1, 0.15) is 13.8 Å². The van der Waals surface area contributed by atoms with Crippen LogP contribution in [0.15, 0.2) is 17.3 Å². The first-order valence-corrected chi connectivity index (χ1v) is 8.60. The summed E-state index contributed by atoms with van der Waals surface area (Å²) in [5, 5.41) is 7.13. The molecule has 0 aliphatic rings.